The molecule has 1 saturated carbocycles. The third-order valence-corrected chi connectivity index (χ3v) is 3.29. The molecule has 2 rings (SSSR count). The van der Waals surface area contributed by atoms with Crippen LogP contribution in [0, 0.1) is 17.7 Å². The Kier molecular flexibility index (Phi) is 4.39. The number of nitrogens with one attached hydrogen (secondary N) is 1. The lowest BCUT2D eigenvalue weighted by molar-refractivity contribution is -0.139. The van der Waals surface area contributed by atoms with Crippen LogP contribution in [-0.4, -0.2) is 18.7 Å². The maximum absolute atomic E-state index is 13.2. The van der Waals surface area contributed by atoms with Gasteiger partial charge in [-0.05, 0) is 24.5 Å². The van der Waals surface area contributed by atoms with E-state index in [1.807, 2.05) is 6.92 Å². The molecule has 1 aromatic rings. The molecule has 1 aliphatic rings. The first-order chi connectivity index (χ1) is 9.76. The minimum Gasteiger partial charge on any atom is -0.491 e. The van der Waals surface area contributed by atoms with Crippen LogP contribution in [-0.2, 0) is 4.79 Å². The molecular weight excluding hydrogens is 290 g/mol. The fourth-order valence-electron chi connectivity index (χ4n) is 1.91. The average molecular weight is 305 g/mol. The van der Waals surface area contributed by atoms with Crippen molar-refractivity contribution in [3.63, 3.8) is 0 Å². The lowest BCUT2D eigenvalue weighted by Gasteiger charge is -2.13. The summed E-state index contributed by atoms with van der Waals surface area (Å²) in [6.07, 6.45) is -4.71. The van der Waals surface area contributed by atoms with E-state index in [4.69, 9.17) is 4.74 Å². The molecular formula is C14H15F4NO2. The van der Waals surface area contributed by atoms with Gasteiger partial charge in [-0.3, -0.25) is 4.79 Å². The van der Waals surface area contributed by atoms with Crippen LogP contribution >= 0.6 is 0 Å². The van der Waals surface area contributed by atoms with Crippen molar-refractivity contribution in [1.29, 1.82) is 0 Å². The molecule has 0 aliphatic heterocycles. The van der Waals surface area contributed by atoms with E-state index in [2.05, 4.69) is 5.32 Å². The van der Waals surface area contributed by atoms with Crippen molar-refractivity contribution < 1.29 is 27.1 Å². The van der Waals surface area contributed by atoms with Crippen molar-refractivity contribution in [3.8, 4) is 5.75 Å². The van der Waals surface area contributed by atoms with E-state index >= 15 is 0 Å². The Morgan fingerprint density at radius 1 is 1.43 bits per heavy atom. The van der Waals surface area contributed by atoms with Gasteiger partial charge in [-0.1, -0.05) is 6.92 Å². The number of carbonyl (C=O) groups is 1. The average Bonchev–Trinajstić information content (AvgIpc) is 3.08. The van der Waals surface area contributed by atoms with Gasteiger partial charge in [0.2, 0.25) is 5.91 Å². The van der Waals surface area contributed by atoms with Crippen molar-refractivity contribution >= 4 is 11.6 Å². The summed E-state index contributed by atoms with van der Waals surface area (Å²) < 4.78 is 54.4. The lowest BCUT2D eigenvalue weighted by Crippen LogP contribution is -2.17. The summed E-state index contributed by atoms with van der Waals surface area (Å²) in [7, 11) is 0. The highest BCUT2D eigenvalue weighted by molar-refractivity contribution is 5.95. The maximum Gasteiger partial charge on any atom is 0.392 e. The zero-order valence-corrected chi connectivity index (χ0v) is 11.3. The molecule has 0 heterocycles. The number of alkyl halides is 3. The number of rotatable bonds is 5. The summed E-state index contributed by atoms with van der Waals surface area (Å²) in [5.74, 6) is -0.774. The topological polar surface area (TPSA) is 38.3 Å². The lowest BCUT2D eigenvalue weighted by atomic mass is 10.2. The molecule has 21 heavy (non-hydrogen) atoms. The Morgan fingerprint density at radius 2 is 2.10 bits per heavy atom. The van der Waals surface area contributed by atoms with E-state index in [1.165, 1.54) is 6.07 Å². The van der Waals surface area contributed by atoms with Crippen LogP contribution in [0.3, 0.4) is 0 Å². The van der Waals surface area contributed by atoms with Crippen LogP contribution in [0.4, 0.5) is 23.2 Å². The van der Waals surface area contributed by atoms with Crippen molar-refractivity contribution in [2.75, 3.05) is 11.9 Å². The summed E-state index contributed by atoms with van der Waals surface area (Å²) in [6, 6.07) is 3.36. The molecule has 0 radical (unpaired) electrons. The van der Waals surface area contributed by atoms with E-state index in [0.29, 0.717) is 5.92 Å². The molecule has 116 valence electrons. The number of ether oxygens (including phenoxy) is 1. The van der Waals surface area contributed by atoms with Crippen molar-refractivity contribution in [3.05, 3.63) is 24.0 Å². The van der Waals surface area contributed by atoms with Crippen molar-refractivity contribution in [2.24, 2.45) is 11.8 Å². The second-order valence-electron chi connectivity index (χ2n) is 5.16. The molecule has 0 unspecified atom stereocenters. The van der Waals surface area contributed by atoms with Crippen LogP contribution in [0.25, 0.3) is 0 Å². The van der Waals surface area contributed by atoms with Crippen molar-refractivity contribution in [1.82, 2.24) is 0 Å². The van der Waals surface area contributed by atoms with Gasteiger partial charge in [0.05, 0.1) is 18.7 Å². The second kappa shape index (κ2) is 5.91. The molecule has 1 amide bonds. The monoisotopic (exact) mass is 305 g/mol. The van der Waals surface area contributed by atoms with Gasteiger partial charge < -0.3 is 10.1 Å². The van der Waals surface area contributed by atoms with E-state index < -0.39 is 25.0 Å². The zero-order chi connectivity index (χ0) is 15.6. The fraction of sp³-hybridized carbons (Fsp3) is 0.500. The Balaban J connectivity index is 2.01. The molecule has 0 spiro atoms. The van der Waals surface area contributed by atoms with Crippen LogP contribution in [0.5, 0.6) is 5.75 Å². The molecule has 1 fully saturated rings. The highest BCUT2D eigenvalue weighted by atomic mass is 19.4. The van der Waals surface area contributed by atoms with E-state index in [9.17, 15) is 22.4 Å². The summed E-state index contributed by atoms with van der Waals surface area (Å²) in [5, 5.41) is 2.57. The van der Waals surface area contributed by atoms with Crippen molar-refractivity contribution in [2.45, 2.75) is 25.9 Å². The molecule has 7 heteroatoms. The molecule has 3 nitrogen and oxygen atoms in total. The van der Waals surface area contributed by atoms with E-state index in [0.717, 1.165) is 18.6 Å². The third kappa shape index (κ3) is 4.61. The SMILES string of the molecule is C[C@H]1C[C@@H]1C(=O)Nc1ccc(F)cc1OCCC(F)(F)F. The Hall–Kier alpha value is -1.79. The van der Waals surface area contributed by atoms with E-state index in [-0.39, 0.29) is 23.3 Å². The fourth-order valence-corrected chi connectivity index (χ4v) is 1.91. The molecule has 1 N–H and O–H groups in total. The Morgan fingerprint density at radius 3 is 2.67 bits per heavy atom. The number of halogens is 4. The second-order valence-corrected chi connectivity index (χ2v) is 5.16. The maximum atomic E-state index is 13.2. The number of hydrogen-bond acceptors (Lipinski definition) is 2. The predicted octanol–water partition coefficient (Wildman–Crippen LogP) is 3.75. The van der Waals surface area contributed by atoms with Gasteiger partial charge in [0.15, 0.2) is 0 Å². The van der Waals surface area contributed by atoms with Gasteiger partial charge in [0.1, 0.15) is 11.6 Å². The quantitative estimate of drug-likeness (QED) is 0.841. The van der Waals surface area contributed by atoms with Crippen LogP contribution < -0.4 is 10.1 Å². The van der Waals surface area contributed by atoms with Gasteiger partial charge in [-0.2, -0.15) is 13.2 Å². The molecule has 0 saturated heterocycles. The minimum absolute atomic E-state index is 0.0964. The summed E-state index contributed by atoms with van der Waals surface area (Å²) >= 11 is 0. The number of benzene rings is 1. The summed E-state index contributed by atoms with van der Waals surface area (Å²) in [4.78, 5) is 11.8. The first-order valence-corrected chi connectivity index (χ1v) is 6.56. The molecule has 1 aromatic carbocycles. The summed E-state index contributed by atoms with van der Waals surface area (Å²) in [6.45, 7) is 1.30. The first-order valence-electron chi connectivity index (χ1n) is 6.56. The number of carbonyl (C=O) groups excluding carboxylic acids is 1. The van der Waals surface area contributed by atoms with Crippen LogP contribution in [0.15, 0.2) is 18.2 Å². The predicted molar refractivity (Wildman–Crippen MR) is 68.5 cm³/mol. The first kappa shape index (κ1) is 15.6. The van der Waals surface area contributed by atoms with E-state index in [1.54, 1.807) is 0 Å². The van der Waals surface area contributed by atoms with Gasteiger partial charge in [0.25, 0.3) is 0 Å². The van der Waals surface area contributed by atoms with Crippen LogP contribution in [0.2, 0.25) is 0 Å². The summed E-state index contributed by atoms with van der Waals surface area (Å²) in [5.41, 5.74) is 0.183. The standard InChI is InChI=1S/C14H15F4NO2/c1-8-6-10(8)13(20)19-11-3-2-9(15)7-12(11)21-5-4-14(16,17)18/h2-3,7-8,10H,4-6H2,1H3,(H,19,20)/t8-,10-/m0/s1. The number of anilines is 1. The zero-order valence-electron chi connectivity index (χ0n) is 11.3. The minimum atomic E-state index is -4.35. The Bertz CT molecular complexity index is 530. The molecule has 0 aromatic heterocycles. The molecule has 2 atom stereocenters. The normalized spacial score (nSPS) is 21.0. The van der Waals surface area contributed by atoms with Gasteiger partial charge >= 0.3 is 6.18 Å². The van der Waals surface area contributed by atoms with Crippen LogP contribution in [0.1, 0.15) is 19.8 Å². The molecule has 1 aliphatic carbocycles. The highest BCUT2D eigenvalue weighted by Gasteiger charge is 2.39. The largest absolute Gasteiger partial charge is 0.491 e. The Labute approximate surface area is 119 Å². The molecule has 0 bridgehead atoms. The number of hydrogen-bond donors (Lipinski definition) is 1. The smallest absolute Gasteiger partial charge is 0.392 e. The van der Waals surface area contributed by atoms with Gasteiger partial charge in [-0.15, -0.1) is 0 Å². The number of amides is 1. The van der Waals surface area contributed by atoms with Gasteiger partial charge in [0, 0.05) is 12.0 Å². The third-order valence-electron chi connectivity index (χ3n) is 3.29. The van der Waals surface area contributed by atoms with Gasteiger partial charge in [-0.25, -0.2) is 4.39 Å². The highest BCUT2D eigenvalue weighted by Crippen LogP contribution is 2.39.